The molecule has 2 rings (SSSR count). The van der Waals surface area contributed by atoms with Crippen molar-refractivity contribution in [3.05, 3.63) is 50.7 Å². The highest BCUT2D eigenvalue weighted by molar-refractivity contribution is 6.30. The fourth-order valence-electron chi connectivity index (χ4n) is 1.44. The van der Waals surface area contributed by atoms with Crippen molar-refractivity contribution < 1.29 is 14.1 Å². The van der Waals surface area contributed by atoms with Crippen LogP contribution in [-0.2, 0) is 0 Å². The van der Waals surface area contributed by atoms with Crippen molar-refractivity contribution >= 4 is 17.3 Å². The van der Waals surface area contributed by atoms with Crippen molar-refractivity contribution in [2.24, 2.45) is 0 Å². The van der Waals surface area contributed by atoms with Crippen LogP contribution >= 0.6 is 11.6 Å². The van der Waals surface area contributed by atoms with E-state index in [1.165, 1.54) is 0 Å². The normalized spacial score (nSPS) is 10.4. The van der Waals surface area contributed by atoms with Gasteiger partial charge in [0, 0.05) is 0 Å². The molecule has 1 aromatic carbocycles. The van der Waals surface area contributed by atoms with E-state index in [2.05, 4.69) is 9.97 Å². The second-order valence-corrected chi connectivity index (χ2v) is 4.32. The van der Waals surface area contributed by atoms with Gasteiger partial charge in [-0.05, 0) is 26.0 Å². The Kier molecular flexibility index (Phi) is 3.80. The van der Waals surface area contributed by atoms with Crippen LogP contribution in [0.4, 0.5) is 10.1 Å². The van der Waals surface area contributed by atoms with Crippen LogP contribution < -0.4 is 4.74 Å². The van der Waals surface area contributed by atoms with Gasteiger partial charge in [-0.15, -0.1) is 0 Å². The number of nitrogens with zero attached hydrogens (tertiary/aromatic N) is 3. The summed E-state index contributed by atoms with van der Waals surface area (Å²) in [4.78, 5) is 18.2. The Hall–Kier alpha value is -2.28. The zero-order chi connectivity index (χ0) is 14.9. The van der Waals surface area contributed by atoms with Gasteiger partial charge in [-0.1, -0.05) is 11.6 Å². The van der Waals surface area contributed by atoms with Gasteiger partial charge >= 0.3 is 5.69 Å². The minimum Gasteiger partial charge on any atom is -0.429 e. The molecule has 0 spiro atoms. The first kappa shape index (κ1) is 14.1. The zero-order valence-electron chi connectivity index (χ0n) is 10.6. The number of benzene rings is 1. The van der Waals surface area contributed by atoms with E-state index in [-0.39, 0.29) is 16.8 Å². The molecule has 0 bridgehead atoms. The molecule has 0 amide bonds. The molecular formula is C12H9ClFN3O3. The Balaban J connectivity index is 2.45. The minimum absolute atomic E-state index is 0.0216. The average Bonchev–Trinajstić information content (AvgIpc) is 2.37. The molecule has 0 fully saturated rings. The number of aromatic nitrogens is 2. The third kappa shape index (κ3) is 2.83. The van der Waals surface area contributed by atoms with Crippen LogP contribution in [0.25, 0.3) is 0 Å². The number of hydrogen-bond acceptors (Lipinski definition) is 5. The van der Waals surface area contributed by atoms with Crippen molar-refractivity contribution in [2.75, 3.05) is 0 Å². The fraction of sp³-hybridized carbons (Fsp3) is 0.167. The first-order valence-electron chi connectivity index (χ1n) is 5.51. The molecule has 1 aromatic heterocycles. The Morgan fingerprint density at radius 1 is 1.30 bits per heavy atom. The average molecular weight is 298 g/mol. The number of nitro groups is 1. The van der Waals surface area contributed by atoms with E-state index in [1.54, 1.807) is 13.8 Å². The number of ether oxygens (including phenoxy) is 1. The summed E-state index contributed by atoms with van der Waals surface area (Å²) in [7, 11) is 0. The number of halogens is 2. The van der Waals surface area contributed by atoms with E-state index in [0.717, 1.165) is 18.2 Å². The number of rotatable bonds is 3. The summed E-state index contributed by atoms with van der Waals surface area (Å²) in [5.41, 5.74) is 0.686. The molecule has 8 heteroatoms. The molecule has 0 unspecified atom stereocenters. The van der Waals surface area contributed by atoms with Gasteiger partial charge in [-0.3, -0.25) is 10.1 Å². The topological polar surface area (TPSA) is 78.2 Å². The van der Waals surface area contributed by atoms with Gasteiger partial charge in [0.25, 0.3) is 5.88 Å². The maximum Gasteiger partial charge on any atom is 0.314 e. The van der Waals surface area contributed by atoms with E-state index >= 15 is 0 Å². The van der Waals surface area contributed by atoms with Gasteiger partial charge in [0.1, 0.15) is 5.82 Å². The Morgan fingerprint density at radius 3 is 2.60 bits per heavy atom. The first-order valence-corrected chi connectivity index (χ1v) is 5.89. The first-order chi connectivity index (χ1) is 9.38. The summed E-state index contributed by atoms with van der Waals surface area (Å²) in [5, 5.41) is 10.8. The molecule has 1 heterocycles. The summed E-state index contributed by atoms with van der Waals surface area (Å²) in [5.74, 6) is -0.957. The van der Waals surface area contributed by atoms with Crippen molar-refractivity contribution in [2.45, 2.75) is 13.8 Å². The minimum atomic E-state index is -0.749. The van der Waals surface area contributed by atoms with Crippen molar-refractivity contribution in [3.63, 3.8) is 0 Å². The summed E-state index contributed by atoms with van der Waals surface area (Å²) >= 11 is 5.87. The highest BCUT2D eigenvalue weighted by Crippen LogP contribution is 2.33. The predicted octanol–water partition coefficient (Wildman–Crippen LogP) is 3.59. The fourth-order valence-corrected chi connectivity index (χ4v) is 1.65. The van der Waals surface area contributed by atoms with Crippen LogP contribution in [-0.4, -0.2) is 14.9 Å². The van der Waals surface area contributed by atoms with Gasteiger partial charge in [-0.25, -0.2) is 14.4 Å². The van der Waals surface area contributed by atoms with E-state index in [1.807, 2.05) is 0 Å². The van der Waals surface area contributed by atoms with Crippen LogP contribution in [0.15, 0.2) is 18.2 Å². The number of hydrogen-bond donors (Lipinski definition) is 0. The van der Waals surface area contributed by atoms with Crippen molar-refractivity contribution in [3.8, 4) is 11.6 Å². The smallest absolute Gasteiger partial charge is 0.314 e. The van der Waals surface area contributed by atoms with E-state index < -0.39 is 16.4 Å². The van der Waals surface area contributed by atoms with E-state index in [4.69, 9.17) is 16.3 Å². The molecule has 0 atom stereocenters. The van der Waals surface area contributed by atoms with Gasteiger partial charge in [0.15, 0.2) is 5.15 Å². The largest absolute Gasteiger partial charge is 0.429 e. The molecule has 0 aliphatic carbocycles. The second kappa shape index (κ2) is 5.38. The summed E-state index contributed by atoms with van der Waals surface area (Å²) < 4.78 is 18.3. The molecule has 0 radical (unpaired) electrons. The lowest BCUT2D eigenvalue weighted by Gasteiger charge is -2.08. The third-order valence-corrected chi connectivity index (χ3v) is 2.81. The Bertz CT molecular complexity index is 694. The number of aryl methyl sites for hydroxylation is 2. The van der Waals surface area contributed by atoms with Crippen LogP contribution in [0.5, 0.6) is 11.6 Å². The summed E-state index contributed by atoms with van der Waals surface area (Å²) in [6.45, 7) is 3.42. The standard InChI is InChI=1S/C12H9ClFN3O3/c1-6-7(2)16-12(11(13)15-6)20-10-4-3-8(14)5-9(10)17(18)19/h3-5H,1-2H3. The molecule has 0 saturated heterocycles. The van der Waals surface area contributed by atoms with E-state index in [0.29, 0.717) is 11.4 Å². The van der Waals surface area contributed by atoms with Gasteiger partial charge in [-0.2, -0.15) is 0 Å². The van der Waals surface area contributed by atoms with Gasteiger partial charge in [0.2, 0.25) is 5.75 Å². The van der Waals surface area contributed by atoms with Crippen LogP contribution in [0.2, 0.25) is 5.15 Å². The molecule has 2 aromatic rings. The quantitative estimate of drug-likeness (QED) is 0.639. The lowest BCUT2D eigenvalue weighted by Crippen LogP contribution is -1.99. The van der Waals surface area contributed by atoms with Gasteiger partial charge < -0.3 is 4.74 Å². The molecule has 0 saturated carbocycles. The van der Waals surface area contributed by atoms with Gasteiger partial charge in [0.05, 0.1) is 22.4 Å². The highest BCUT2D eigenvalue weighted by Gasteiger charge is 2.19. The Morgan fingerprint density at radius 2 is 1.95 bits per heavy atom. The maximum absolute atomic E-state index is 13.0. The third-order valence-electron chi connectivity index (χ3n) is 2.56. The molecule has 20 heavy (non-hydrogen) atoms. The lowest BCUT2D eigenvalue weighted by molar-refractivity contribution is -0.385. The van der Waals surface area contributed by atoms with Crippen LogP contribution in [0.3, 0.4) is 0 Å². The Labute approximate surface area is 118 Å². The summed E-state index contributed by atoms with van der Waals surface area (Å²) in [6, 6.07) is 2.95. The van der Waals surface area contributed by atoms with Crippen LogP contribution in [0, 0.1) is 29.8 Å². The van der Waals surface area contributed by atoms with Crippen molar-refractivity contribution in [1.82, 2.24) is 9.97 Å². The maximum atomic E-state index is 13.0. The zero-order valence-corrected chi connectivity index (χ0v) is 11.3. The molecule has 0 aliphatic rings. The molecule has 0 aliphatic heterocycles. The summed E-state index contributed by atoms with van der Waals surface area (Å²) in [6.07, 6.45) is 0. The van der Waals surface area contributed by atoms with Crippen LogP contribution in [0.1, 0.15) is 11.4 Å². The molecular weight excluding hydrogens is 289 g/mol. The van der Waals surface area contributed by atoms with E-state index in [9.17, 15) is 14.5 Å². The molecule has 6 nitrogen and oxygen atoms in total. The second-order valence-electron chi connectivity index (χ2n) is 3.96. The van der Waals surface area contributed by atoms with Crippen molar-refractivity contribution in [1.29, 1.82) is 0 Å². The predicted molar refractivity (Wildman–Crippen MR) is 69.6 cm³/mol. The lowest BCUT2D eigenvalue weighted by atomic mass is 10.3. The molecule has 0 N–H and O–H groups in total. The SMILES string of the molecule is Cc1nc(Cl)c(Oc2ccc(F)cc2[N+](=O)[O-])nc1C. The monoisotopic (exact) mass is 297 g/mol. The number of nitro benzene ring substituents is 1. The highest BCUT2D eigenvalue weighted by atomic mass is 35.5. The molecule has 104 valence electrons.